The maximum absolute atomic E-state index is 12.7. The van der Waals surface area contributed by atoms with E-state index in [2.05, 4.69) is 5.32 Å². The van der Waals surface area contributed by atoms with E-state index in [1.807, 2.05) is 6.07 Å². The van der Waals surface area contributed by atoms with Crippen molar-refractivity contribution in [1.82, 2.24) is 5.32 Å². The van der Waals surface area contributed by atoms with Crippen LogP contribution in [0.1, 0.15) is 49.3 Å². The lowest BCUT2D eigenvalue weighted by Gasteiger charge is -2.32. The summed E-state index contributed by atoms with van der Waals surface area (Å²) in [5.41, 5.74) is 2.34. The number of aryl methyl sites for hydroxylation is 1. The summed E-state index contributed by atoms with van der Waals surface area (Å²) in [6.07, 6.45) is -0.519. The van der Waals surface area contributed by atoms with Crippen molar-refractivity contribution in [1.29, 1.82) is 0 Å². The van der Waals surface area contributed by atoms with Gasteiger partial charge in [-0.1, -0.05) is 6.07 Å². The molecule has 116 valence electrons. The molecule has 21 heavy (non-hydrogen) atoms. The molecule has 1 aromatic carbocycles. The topological polar surface area (TPSA) is 32.3 Å². The number of alkyl halides is 3. The zero-order valence-corrected chi connectivity index (χ0v) is 11.8. The molecule has 0 aromatic heterocycles. The van der Waals surface area contributed by atoms with Crippen LogP contribution in [0.4, 0.5) is 13.2 Å². The van der Waals surface area contributed by atoms with Gasteiger partial charge in [0, 0.05) is 12.1 Å². The normalized spacial score (nSPS) is 29.4. The molecular formula is C16H20F3NO. The summed E-state index contributed by atoms with van der Waals surface area (Å²) in [6, 6.07) is 5.79. The number of benzene rings is 1. The lowest BCUT2D eigenvalue weighted by Crippen LogP contribution is -2.38. The highest BCUT2D eigenvalue weighted by molar-refractivity contribution is 5.40. The molecule has 1 atom stereocenters. The Bertz CT molecular complexity index is 507. The monoisotopic (exact) mass is 299 g/mol. The highest BCUT2D eigenvalue weighted by atomic mass is 19.4. The summed E-state index contributed by atoms with van der Waals surface area (Å²) in [5, 5.41) is 13.0. The van der Waals surface area contributed by atoms with Crippen LogP contribution in [0.5, 0.6) is 5.75 Å². The number of nitrogens with one attached hydrogen (secondary N) is 1. The number of hydrogen-bond donors (Lipinski definition) is 2. The molecule has 0 bridgehead atoms. The molecule has 0 radical (unpaired) electrons. The number of hydrogen-bond acceptors (Lipinski definition) is 2. The molecule has 2 aliphatic rings. The Labute approximate surface area is 122 Å². The highest BCUT2D eigenvalue weighted by Crippen LogP contribution is 2.39. The van der Waals surface area contributed by atoms with Crippen molar-refractivity contribution < 1.29 is 18.3 Å². The fourth-order valence-electron chi connectivity index (χ4n) is 3.65. The molecule has 0 amide bonds. The Morgan fingerprint density at radius 3 is 2.43 bits per heavy atom. The van der Waals surface area contributed by atoms with E-state index in [0.29, 0.717) is 12.8 Å². The zero-order valence-electron chi connectivity index (χ0n) is 11.8. The van der Waals surface area contributed by atoms with Crippen molar-refractivity contribution in [3.05, 3.63) is 29.3 Å². The first kappa shape index (κ1) is 14.7. The van der Waals surface area contributed by atoms with E-state index >= 15 is 0 Å². The fourth-order valence-corrected chi connectivity index (χ4v) is 3.65. The number of phenols is 1. The smallest absolute Gasteiger partial charge is 0.391 e. The first-order valence-electron chi connectivity index (χ1n) is 7.58. The number of halogens is 3. The maximum atomic E-state index is 12.7. The molecule has 1 fully saturated rings. The first-order chi connectivity index (χ1) is 9.93. The van der Waals surface area contributed by atoms with Crippen LogP contribution in [0.25, 0.3) is 0 Å². The van der Waals surface area contributed by atoms with Gasteiger partial charge in [0.05, 0.1) is 5.92 Å². The van der Waals surface area contributed by atoms with E-state index in [1.54, 1.807) is 12.1 Å². The quantitative estimate of drug-likeness (QED) is 0.862. The average Bonchev–Trinajstić information content (AvgIpc) is 2.80. The Morgan fingerprint density at radius 1 is 1.05 bits per heavy atom. The summed E-state index contributed by atoms with van der Waals surface area (Å²) in [5.74, 6) is -0.844. The number of phenolic OH excluding ortho intramolecular Hbond substituents is 1. The molecule has 5 heteroatoms. The Hall–Kier alpha value is -1.23. The van der Waals surface area contributed by atoms with Crippen molar-refractivity contribution in [2.75, 3.05) is 0 Å². The second kappa shape index (κ2) is 5.52. The maximum Gasteiger partial charge on any atom is 0.391 e. The van der Waals surface area contributed by atoms with E-state index in [4.69, 9.17) is 0 Å². The second-order valence-electron chi connectivity index (χ2n) is 6.23. The van der Waals surface area contributed by atoms with E-state index < -0.39 is 12.1 Å². The molecule has 0 saturated heterocycles. The molecule has 1 unspecified atom stereocenters. The van der Waals surface area contributed by atoms with Gasteiger partial charge in [-0.2, -0.15) is 13.2 Å². The van der Waals surface area contributed by atoms with Crippen LogP contribution in [0.2, 0.25) is 0 Å². The zero-order chi connectivity index (χ0) is 15.0. The highest BCUT2D eigenvalue weighted by Gasteiger charge is 2.41. The lowest BCUT2D eigenvalue weighted by atomic mass is 9.85. The van der Waals surface area contributed by atoms with Crippen molar-refractivity contribution in [2.24, 2.45) is 5.92 Å². The minimum absolute atomic E-state index is 0.174. The molecule has 1 aromatic rings. The van der Waals surface area contributed by atoms with E-state index in [1.165, 1.54) is 5.56 Å². The van der Waals surface area contributed by atoms with Crippen molar-refractivity contribution in [3.8, 4) is 5.75 Å². The molecule has 0 spiro atoms. The minimum atomic E-state index is -4.04. The standard InChI is InChI=1S/C16H20F3NO/c17-16(18,19)11-2-4-12(5-3-11)20-15-8-1-10-9-13(21)6-7-14(10)15/h6-7,9,11-12,15,20-21H,1-5,8H2. The van der Waals surface area contributed by atoms with E-state index in [9.17, 15) is 18.3 Å². The molecule has 2 nitrogen and oxygen atoms in total. The first-order valence-corrected chi connectivity index (χ1v) is 7.58. The van der Waals surface area contributed by atoms with Crippen LogP contribution in [0, 0.1) is 5.92 Å². The third-order valence-electron chi connectivity index (χ3n) is 4.83. The van der Waals surface area contributed by atoms with Gasteiger partial charge in [0.25, 0.3) is 0 Å². The molecule has 1 saturated carbocycles. The van der Waals surface area contributed by atoms with Gasteiger partial charge in [0.1, 0.15) is 5.75 Å². The average molecular weight is 299 g/mol. The second-order valence-corrected chi connectivity index (χ2v) is 6.23. The summed E-state index contributed by atoms with van der Waals surface area (Å²) in [6.45, 7) is 0. The predicted octanol–water partition coefficient (Wildman–Crippen LogP) is 4.09. The third-order valence-corrected chi connectivity index (χ3v) is 4.83. The fraction of sp³-hybridized carbons (Fsp3) is 0.625. The van der Waals surface area contributed by atoms with Crippen LogP contribution in [0.3, 0.4) is 0 Å². The van der Waals surface area contributed by atoms with Crippen LogP contribution >= 0.6 is 0 Å². The van der Waals surface area contributed by atoms with Gasteiger partial charge in [-0.25, -0.2) is 0 Å². The van der Waals surface area contributed by atoms with Crippen molar-refractivity contribution >= 4 is 0 Å². The van der Waals surface area contributed by atoms with Crippen LogP contribution in [-0.4, -0.2) is 17.3 Å². The largest absolute Gasteiger partial charge is 0.508 e. The Morgan fingerprint density at radius 2 is 1.76 bits per heavy atom. The van der Waals surface area contributed by atoms with Crippen molar-refractivity contribution in [2.45, 2.75) is 56.8 Å². The van der Waals surface area contributed by atoms with Crippen molar-refractivity contribution in [3.63, 3.8) is 0 Å². The summed E-state index contributed by atoms with van der Waals surface area (Å²) < 4.78 is 38.0. The Kier molecular flexibility index (Phi) is 3.86. The number of fused-ring (bicyclic) bond motifs is 1. The van der Waals surface area contributed by atoms with E-state index in [-0.39, 0.29) is 30.7 Å². The SMILES string of the molecule is Oc1ccc2c(c1)CCC2NC1CCC(C(F)(F)F)CC1. The van der Waals surface area contributed by atoms with Gasteiger partial charge in [-0.3, -0.25) is 0 Å². The van der Waals surface area contributed by atoms with Gasteiger partial charge in [0.15, 0.2) is 0 Å². The molecule has 0 aliphatic heterocycles. The lowest BCUT2D eigenvalue weighted by molar-refractivity contribution is -0.182. The molecular weight excluding hydrogens is 279 g/mol. The summed E-state index contributed by atoms with van der Waals surface area (Å²) in [7, 11) is 0. The minimum Gasteiger partial charge on any atom is -0.508 e. The molecule has 3 rings (SSSR count). The van der Waals surface area contributed by atoms with Crippen LogP contribution in [0.15, 0.2) is 18.2 Å². The predicted molar refractivity (Wildman–Crippen MR) is 74.1 cm³/mol. The molecule has 0 heterocycles. The van der Waals surface area contributed by atoms with Gasteiger partial charge in [0.2, 0.25) is 0 Å². The molecule has 2 aliphatic carbocycles. The van der Waals surface area contributed by atoms with Gasteiger partial charge in [-0.05, 0) is 61.8 Å². The summed E-state index contributed by atoms with van der Waals surface area (Å²) in [4.78, 5) is 0. The summed E-state index contributed by atoms with van der Waals surface area (Å²) >= 11 is 0. The van der Waals surface area contributed by atoms with E-state index in [0.717, 1.165) is 18.4 Å². The number of rotatable bonds is 2. The van der Waals surface area contributed by atoms with Crippen LogP contribution in [-0.2, 0) is 6.42 Å². The Balaban J connectivity index is 1.58. The molecule has 2 N–H and O–H groups in total. The van der Waals surface area contributed by atoms with Crippen LogP contribution < -0.4 is 5.32 Å². The third kappa shape index (κ3) is 3.18. The van der Waals surface area contributed by atoms with Gasteiger partial charge in [-0.15, -0.1) is 0 Å². The number of aromatic hydroxyl groups is 1. The van der Waals surface area contributed by atoms with Gasteiger partial charge < -0.3 is 10.4 Å². The van der Waals surface area contributed by atoms with Gasteiger partial charge >= 0.3 is 6.18 Å².